The molecular formula is C11H18N6O. The zero-order chi connectivity index (χ0) is 13.0. The molecule has 0 amide bonds. The fraction of sp³-hybridized carbons (Fsp3) is 0.636. The Morgan fingerprint density at radius 3 is 2.94 bits per heavy atom. The van der Waals surface area contributed by atoms with Gasteiger partial charge in [0.2, 0.25) is 5.89 Å². The van der Waals surface area contributed by atoms with Crippen LogP contribution in [-0.2, 0) is 13.0 Å². The van der Waals surface area contributed by atoms with Crippen LogP contribution in [0.3, 0.4) is 0 Å². The Kier molecular flexibility index (Phi) is 4.03. The molecule has 0 fully saturated rings. The first kappa shape index (κ1) is 12.7. The van der Waals surface area contributed by atoms with Crippen molar-refractivity contribution in [2.24, 2.45) is 0 Å². The van der Waals surface area contributed by atoms with Crippen molar-refractivity contribution in [1.82, 2.24) is 30.2 Å². The van der Waals surface area contributed by atoms with Crippen LogP contribution in [0.15, 0.2) is 10.9 Å². The minimum atomic E-state index is 0.322. The first-order chi connectivity index (χ1) is 8.66. The number of rotatable bonds is 6. The lowest BCUT2D eigenvalue weighted by atomic mass is 10.4. The van der Waals surface area contributed by atoms with Gasteiger partial charge in [-0.25, -0.2) is 9.67 Å². The molecule has 0 spiro atoms. The summed E-state index contributed by atoms with van der Waals surface area (Å²) >= 11 is 0. The number of hydrogen-bond donors (Lipinski definition) is 1. The Bertz CT molecular complexity index is 489. The van der Waals surface area contributed by atoms with E-state index in [1.165, 1.54) is 0 Å². The summed E-state index contributed by atoms with van der Waals surface area (Å²) in [5.74, 6) is 2.27. The van der Waals surface area contributed by atoms with Crippen molar-refractivity contribution in [3.63, 3.8) is 0 Å². The van der Waals surface area contributed by atoms with Crippen LogP contribution in [0, 0.1) is 6.92 Å². The van der Waals surface area contributed by atoms with Gasteiger partial charge in [0.1, 0.15) is 12.2 Å². The van der Waals surface area contributed by atoms with E-state index in [2.05, 4.69) is 39.4 Å². The van der Waals surface area contributed by atoms with E-state index < -0.39 is 0 Å². The highest BCUT2D eigenvalue weighted by atomic mass is 16.5. The number of nitrogens with one attached hydrogen (secondary N) is 1. The van der Waals surface area contributed by atoms with E-state index in [1.807, 2.05) is 11.6 Å². The minimum absolute atomic E-state index is 0.322. The predicted octanol–water partition coefficient (Wildman–Crippen LogP) is 0.883. The van der Waals surface area contributed by atoms with Crippen LogP contribution in [0.5, 0.6) is 0 Å². The Balaban J connectivity index is 1.77. The highest BCUT2D eigenvalue weighted by Crippen LogP contribution is 2.04. The molecule has 18 heavy (non-hydrogen) atoms. The molecular weight excluding hydrogens is 232 g/mol. The van der Waals surface area contributed by atoms with Crippen LogP contribution in [0.4, 0.5) is 0 Å². The van der Waals surface area contributed by atoms with Gasteiger partial charge in [0.05, 0.1) is 6.54 Å². The summed E-state index contributed by atoms with van der Waals surface area (Å²) in [7, 11) is 0. The summed E-state index contributed by atoms with van der Waals surface area (Å²) < 4.78 is 6.94. The number of aromatic nitrogens is 5. The summed E-state index contributed by atoms with van der Waals surface area (Å²) in [4.78, 5) is 8.36. The third-order valence-electron chi connectivity index (χ3n) is 2.50. The monoisotopic (exact) mass is 250 g/mol. The molecule has 0 bridgehead atoms. The fourth-order valence-electron chi connectivity index (χ4n) is 1.67. The summed E-state index contributed by atoms with van der Waals surface area (Å²) in [6.07, 6.45) is 2.30. The lowest BCUT2D eigenvalue weighted by Crippen LogP contribution is -2.20. The van der Waals surface area contributed by atoms with Crippen LogP contribution in [0.25, 0.3) is 0 Å². The zero-order valence-electron chi connectivity index (χ0n) is 10.9. The van der Waals surface area contributed by atoms with E-state index in [9.17, 15) is 0 Å². The van der Waals surface area contributed by atoms with Crippen LogP contribution in [0.1, 0.15) is 37.4 Å². The molecule has 0 atom stereocenters. The molecule has 0 saturated heterocycles. The van der Waals surface area contributed by atoms with E-state index in [-0.39, 0.29) is 0 Å². The molecule has 7 heteroatoms. The normalized spacial score (nSPS) is 11.3. The predicted molar refractivity (Wildman–Crippen MR) is 64.9 cm³/mol. The first-order valence-electron chi connectivity index (χ1n) is 6.05. The van der Waals surface area contributed by atoms with Gasteiger partial charge in [-0.3, -0.25) is 0 Å². The summed E-state index contributed by atoms with van der Waals surface area (Å²) in [5, 5.41) is 11.2. The third-order valence-corrected chi connectivity index (χ3v) is 2.50. The van der Waals surface area contributed by atoms with Crippen molar-refractivity contribution in [2.75, 3.05) is 6.54 Å². The average molecular weight is 250 g/mol. The zero-order valence-corrected chi connectivity index (χ0v) is 10.9. The lowest BCUT2D eigenvalue weighted by Gasteiger charge is -2.09. The molecule has 2 rings (SSSR count). The quantitative estimate of drug-likeness (QED) is 0.766. The Morgan fingerprint density at radius 1 is 1.44 bits per heavy atom. The van der Waals surface area contributed by atoms with Crippen molar-refractivity contribution in [3.05, 3.63) is 23.9 Å². The van der Waals surface area contributed by atoms with Gasteiger partial charge in [-0.05, 0) is 20.8 Å². The first-order valence-corrected chi connectivity index (χ1v) is 6.05. The van der Waals surface area contributed by atoms with E-state index in [0.717, 1.165) is 18.8 Å². The molecule has 1 N–H and O–H groups in total. The van der Waals surface area contributed by atoms with Crippen LogP contribution in [0.2, 0.25) is 0 Å². The fourth-order valence-corrected chi connectivity index (χ4v) is 1.67. The van der Waals surface area contributed by atoms with Crippen molar-refractivity contribution < 1.29 is 4.52 Å². The summed E-state index contributed by atoms with van der Waals surface area (Å²) in [6.45, 7) is 7.43. The SMILES string of the molecule is Cc1noc(CCNCc2ncnn2C(C)C)n1. The summed E-state index contributed by atoms with van der Waals surface area (Å²) in [6, 6.07) is 0.322. The van der Waals surface area contributed by atoms with Gasteiger partial charge in [0, 0.05) is 19.0 Å². The van der Waals surface area contributed by atoms with Crippen molar-refractivity contribution >= 4 is 0 Å². The highest BCUT2D eigenvalue weighted by molar-refractivity contribution is 4.87. The molecule has 0 unspecified atom stereocenters. The van der Waals surface area contributed by atoms with Gasteiger partial charge in [-0.15, -0.1) is 0 Å². The van der Waals surface area contributed by atoms with E-state index in [0.29, 0.717) is 24.3 Å². The molecule has 98 valence electrons. The van der Waals surface area contributed by atoms with E-state index in [1.54, 1.807) is 6.33 Å². The van der Waals surface area contributed by atoms with Gasteiger partial charge < -0.3 is 9.84 Å². The average Bonchev–Trinajstić information content (AvgIpc) is 2.93. The topological polar surface area (TPSA) is 81.7 Å². The second-order valence-electron chi connectivity index (χ2n) is 4.38. The lowest BCUT2D eigenvalue weighted by molar-refractivity contribution is 0.371. The number of hydrogen-bond acceptors (Lipinski definition) is 6. The van der Waals surface area contributed by atoms with Crippen LogP contribution in [-0.4, -0.2) is 31.4 Å². The van der Waals surface area contributed by atoms with Crippen molar-refractivity contribution in [2.45, 2.75) is 39.8 Å². The molecule has 0 aliphatic rings. The molecule has 0 aliphatic heterocycles. The van der Waals surface area contributed by atoms with Crippen molar-refractivity contribution in [3.8, 4) is 0 Å². The molecule has 2 aromatic heterocycles. The standard InChI is InChI=1S/C11H18N6O/c1-8(2)17-10(13-7-14-17)6-12-5-4-11-15-9(3)16-18-11/h7-8,12H,4-6H2,1-3H3. The third kappa shape index (κ3) is 3.13. The second kappa shape index (κ2) is 5.72. The largest absolute Gasteiger partial charge is 0.339 e. The van der Waals surface area contributed by atoms with Gasteiger partial charge in [-0.2, -0.15) is 10.1 Å². The van der Waals surface area contributed by atoms with Crippen LogP contribution < -0.4 is 5.32 Å². The molecule has 2 aromatic rings. The summed E-state index contributed by atoms with van der Waals surface area (Å²) in [5.41, 5.74) is 0. The maximum absolute atomic E-state index is 5.03. The molecule has 0 saturated carbocycles. The number of nitrogens with zero attached hydrogens (tertiary/aromatic N) is 5. The Morgan fingerprint density at radius 2 is 2.28 bits per heavy atom. The van der Waals surface area contributed by atoms with Crippen LogP contribution >= 0.6 is 0 Å². The molecule has 2 heterocycles. The second-order valence-corrected chi connectivity index (χ2v) is 4.38. The van der Waals surface area contributed by atoms with Gasteiger partial charge in [-0.1, -0.05) is 5.16 Å². The Hall–Kier alpha value is -1.76. The highest BCUT2D eigenvalue weighted by Gasteiger charge is 2.07. The van der Waals surface area contributed by atoms with E-state index in [4.69, 9.17) is 4.52 Å². The van der Waals surface area contributed by atoms with Crippen molar-refractivity contribution in [1.29, 1.82) is 0 Å². The maximum Gasteiger partial charge on any atom is 0.227 e. The smallest absolute Gasteiger partial charge is 0.227 e. The Labute approximate surface area is 106 Å². The molecule has 0 aliphatic carbocycles. The number of aryl methyl sites for hydroxylation is 1. The van der Waals surface area contributed by atoms with Gasteiger partial charge in [0.15, 0.2) is 5.82 Å². The molecule has 7 nitrogen and oxygen atoms in total. The van der Waals surface area contributed by atoms with Gasteiger partial charge >= 0.3 is 0 Å². The molecule has 0 radical (unpaired) electrons. The van der Waals surface area contributed by atoms with E-state index >= 15 is 0 Å². The molecule has 0 aromatic carbocycles. The van der Waals surface area contributed by atoms with Gasteiger partial charge in [0.25, 0.3) is 0 Å². The maximum atomic E-state index is 5.03. The minimum Gasteiger partial charge on any atom is -0.339 e.